The SMILES string of the molecule is CCNc1ccc(Cl)cc1C(=O)NC1CC(C)C1. The van der Waals surface area contributed by atoms with Gasteiger partial charge in [0.2, 0.25) is 0 Å². The number of carbonyl (C=O) groups excluding carboxylic acids is 1. The Morgan fingerprint density at radius 1 is 1.44 bits per heavy atom. The molecule has 1 saturated carbocycles. The van der Waals surface area contributed by atoms with Gasteiger partial charge in [-0.25, -0.2) is 0 Å². The summed E-state index contributed by atoms with van der Waals surface area (Å²) >= 11 is 5.96. The molecule has 0 heterocycles. The molecule has 0 aliphatic heterocycles. The number of benzene rings is 1. The summed E-state index contributed by atoms with van der Waals surface area (Å²) in [6, 6.07) is 5.68. The minimum absolute atomic E-state index is 0.0367. The number of anilines is 1. The average molecular weight is 267 g/mol. The molecule has 1 aromatic rings. The highest BCUT2D eigenvalue weighted by Gasteiger charge is 2.27. The van der Waals surface area contributed by atoms with Gasteiger partial charge in [0.1, 0.15) is 0 Å². The highest BCUT2D eigenvalue weighted by molar-refractivity contribution is 6.31. The molecule has 0 radical (unpaired) electrons. The van der Waals surface area contributed by atoms with Crippen LogP contribution in [0.25, 0.3) is 0 Å². The Bertz CT molecular complexity index is 441. The lowest BCUT2D eigenvalue weighted by Gasteiger charge is -2.33. The van der Waals surface area contributed by atoms with Crippen molar-refractivity contribution in [3.63, 3.8) is 0 Å². The standard InChI is InChI=1S/C14H19ClN2O/c1-3-16-13-5-4-10(15)8-12(13)14(18)17-11-6-9(2)7-11/h4-5,8-9,11,16H,3,6-7H2,1-2H3,(H,17,18). The molecule has 1 amide bonds. The first-order chi connectivity index (χ1) is 8.60. The number of amides is 1. The van der Waals surface area contributed by atoms with Crippen LogP contribution in [0.4, 0.5) is 5.69 Å². The Morgan fingerprint density at radius 3 is 2.78 bits per heavy atom. The Kier molecular flexibility index (Phi) is 4.12. The summed E-state index contributed by atoms with van der Waals surface area (Å²) in [5, 5.41) is 6.82. The van der Waals surface area contributed by atoms with Gasteiger partial charge in [0.05, 0.1) is 5.56 Å². The van der Waals surface area contributed by atoms with Crippen LogP contribution in [0.3, 0.4) is 0 Å². The predicted octanol–water partition coefficient (Wildman–Crippen LogP) is 3.30. The first-order valence-electron chi connectivity index (χ1n) is 6.44. The molecule has 1 aliphatic rings. The highest BCUT2D eigenvalue weighted by atomic mass is 35.5. The van der Waals surface area contributed by atoms with E-state index in [0.29, 0.717) is 16.6 Å². The van der Waals surface area contributed by atoms with Crippen LogP contribution < -0.4 is 10.6 Å². The molecule has 1 aromatic carbocycles. The van der Waals surface area contributed by atoms with Crippen LogP contribution >= 0.6 is 11.6 Å². The third-order valence-corrected chi connectivity index (χ3v) is 3.54. The molecule has 4 heteroatoms. The Labute approximate surface area is 113 Å². The van der Waals surface area contributed by atoms with Crippen molar-refractivity contribution >= 4 is 23.2 Å². The summed E-state index contributed by atoms with van der Waals surface area (Å²) in [7, 11) is 0. The molecule has 18 heavy (non-hydrogen) atoms. The van der Waals surface area contributed by atoms with E-state index < -0.39 is 0 Å². The lowest BCUT2D eigenvalue weighted by atomic mass is 9.82. The summed E-state index contributed by atoms with van der Waals surface area (Å²) in [6.07, 6.45) is 2.14. The van der Waals surface area contributed by atoms with E-state index in [2.05, 4.69) is 17.6 Å². The van der Waals surface area contributed by atoms with E-state index in [0.717, 1.165) is 31.0 Å². The van der Waals surface area contributed by atoms with Gasteiger partial charge in [-0.15, -0.1) is 0 Å². The topological polar surface area (TPSA) is 41.1 Å². The van der Waals surface area contributed by atoms with Gasteiger partial charge >= 0.3 is 0 Å². The highest BCUT2D eigenvalue weighted by Crippen LogP contribution is 2.27. The maximum Gasteiger partial charge on any atom is 0.253 e. The average Bonchev–Trinajstić information content (AvgIpc) is 2.29. The van der Waals surface area contributed by atoms with Gasteiger partial charge < -0.3 is 10.6 Å². The van der Waals surface area contributed by atoms with E-state index in [4.69, 9.17) is 11.6 Å². The lowest BCUT2D eigenvalue weighted by molar-refractivity contribution is 0.0897. The van der Waals surface area contributed by atoms with Gasteiger partial charge in [-0.1, -0.05) is 18.5 Å². The summed E-state index contributed by atoms with van der Waals surface area (Å²) in [4.78, 5) is 12.2. The zero-order valence-electron chi connectivity index (χ0n) is 10.8. The third-order valence-electron chi connectivity index (χ3n) is 3.30. The summed E-state index contributed by atoms with van der Waals surface area (Å²) in [6.45, 7) is 4.98. The van der Waals surface area contributed by atoms with Gasteiger partial charge in [0, 0.05) is 23.3 Å². The Morgan fingerprint density at radius 2 is 2.17 bits per heavy atom. The van der Waals surface area contributed by atoms with E-state index in [1.165, 1.54) is 0 Å². The van der Waals surface area contributed by atoms with Crippen molar-refractivity contribution < 1.29 is 4.79 Å². The first-order valence-corrected chi connectivity index (χ1v) is 6.82. The number of hydrogen-bond acceptors (Lipinski definition) is 2. The van der Waals surface area contributed by atoms with Crippen LogP contribution in [-0.2, 0) is 0 Å². The largest absolute Gasteiger partial charge is 0.385 e. The zero-order chi connectivity index (χ0) is 13.1. The van der Waals surface area contributed by atoms with Crippen molar-refractivity contribution in [3.8, 4) is 0 Å². The van der Waals surface area contributed by atoms with Crippen molar-refractivity contribution in [2.24, 2.45) is 5.92 Å². The van der Waals surface area contributed by atoms with Crippen molar-refractivity contribution in [1.82, 2.24) is 5.32 Å². The summed E-state index contributed by atoms with van der Waals surface area (Å²) in [5.41, 5.74) is 1.47. The predicted molar refractivity (Wildman–Crippen MR) is 75.3 cm³/mol. The van der Waals surface area contributed by atoms with Crippen LogP contribution in [0.2, 0.25) is 5.02 Å². The van der Waals surface area contributed by atoms with E-state index in [1.807, 2.05) is 13.0 Å². The molecule has 98 valence electrons. The minimum atomic E-state index is -0.0367. The van der Waals surface area contributed by atoms with Gasteiger partial charge in [-0.2, -0.15) is 0 Å². The molecule has 0 saturated heterocycles. The second-order valence-corrected chi connectivity index (χ2v) is 5.40. The normalized spacial score (nSPS) is 22.2. The van der Waals surface area contributed by atoms with Crippen LogP contribution in [0, 0.1) is 5.92 Å². The van der Waals surface area contributed by atoms with Crippen molar-refractivity contribution in [1.29, 1.82) is 0 Å². The van der Waals surface area contributed by atoms with Gasteiger partial charge in [-0.3, -0.25) is 4.79 Å². The second kappa shape index (κ2) is 5.61. The van der Waals surface area contributed by atoms with E-state index in [-0.39, 0.29) is 5.91 Å². The number of nitrogens with one attached hydrogen (secondary N) is 2. The van der Waals surface area contributed by atoms with Gasteiger partial charge in [0.15, 0.2) is 0 Å². The van der Waals surface area contributed by atoms with Crippen LogP contribution in [0.15, 0.2) is 18.2 Å². The fraction of sp³-hybridized carbons (Fsp3) is 0.500. The Balaban J connectivity index is 2.10. The smallest absolute Gasteiger partial charge is 0.253 e. The number of halogens is 1. The first kappa shape index (κ1) is 13.2. The van der Waals surface area contributed by atoms with Crippen molar-refractivity contribution in [3.05, 3.63) is 28.8 Å². The van der Waals surface area contributed by atoms with Crippen LogP contribution in [0.5, 0.6) is 0 Å². The fourth-order valence-corrected chi connectivity index (χ4v) is 2.50. The molecular formula is C14H19ClN2O. The molecule has 0 atom stereocenters. The zero-order valence-corrected chi connectivity index (χ0v) is 11.6. The molecule has 0 unspecified atom stereocenters. The molecular weight excluding hydrogens is 248 g/mol. The van der Waals surface area contributed by atoms with Crippen LogP contribution in [0.1, 0.15) is 37.0 Å². The van der Waals surface area contributed by atoms with E-state index >= 15 is 0 Å². The summed E-state index contributed by atoms with van der Waals surface area (Å²) < 4.78 is 0. The van der Waals surface area contributed by atoms with E-state index in [1.54, 1.807) is 12.1 Å². The number of hydrogen-bond donors (Lipinski definition) is 2. The Hall–Kier alpha value is -1.22. The van der Waals surface area contributed by atoms with Crippen molar-refractivity contribution in [2.45, 2.75) is 32.7 Å². The molecule has 0 bridgehead atoms. The minimum Gasteiger partial charge on any atom is -0.385 e. The summed E-state index contributed by atoms with van der Waals surface area (Å²) in [5.74, 6) is 0.688. The van der Waals surface area contributed by atoms with Crippen molar-refractivity contribution in [2.75, 3.05) is 11.9 Å². The molecule has 3 nitrogen and oxygen atoms in total. The molecule has 1 aliphatic carbocycles. The maximum absolute atomic E-state index is 12.2. The van der Waals surface area contributed by atoms with E-state index in [9.17, 15) is 4.79 Å². The van der Waals surface area contributed by atoms with Crippen LogP contribution in [-0.4, -0.2) is 18.5 Å². The maximum atomic E-state index is 12.2. The van der Waals surface area contributed by atoms with Gasteiger partial charge in [0.25, 0.3) is 5.91 Å². The molecule has 2 rings (SSSR count). The molecule has 2 N–H and O–H groups in total. The lowest BCUT2D eigenvalue weighted by Crippen LogP contribution is -2.43. The number of rotatable bonds is 4. The molecule has 0 aromatic heterocycles. The molecule has 1 fully saturated rings. The fourth-order valence-electron chi connectivity index (χ4n) is 2.33. The third kappa shape index (κ3) is 2.96. The quantitative estimate of drug-likeness (QED) is 0.878. The molecule has 0 spiro atoms. The monoisotopic (exact) mass is 266 g/mol. The van der Waals surface area contributed by atoms with Gasteiger partial charge in [-0.05, 0) is 43.9 Å². The second-order valence-electron chi connectivity index (χ2n) is 4.97. The number of carbonyl (C=O) groups is 1.